The second-order valence-corrected chi connectivity index (χ2v) is 8.23. The molecule has 0 atom stereocenters. The Hall–Kier alpha value is -5.12. The van der Waals surface area contributed by atoms with Crippen molar-refractivity contribution in [2.45, 2.75) is 13.8 Å². The maximum Gasteiger partial charge on any atom is 0.263 e. The maximum absolute atomic E-state index is 5.25. The largest absolute Gasteiger partial charge is 0.339 e. The van der Waals surface area contributed by atoms with Crippen LogP contribution in [0.25, 0.3) is 28.0 Å². The van der Waals surface area contributed by atoms with E-state index in [2.05, 4.69) is 35.7 Å². The summed E-state index contributed by atoms with van der Waals surface area (Å²) in [6.07, 6.45) is 8.63. The molecule has 0 aliphatic carbocycles. The van der Waals surface area contributed by atoms with E-state index in [1.54, 1.807) is 18.7 Å². The number of nitrogens with zero attached hydrogens (tertiary/aromatic N) is 7. The first-order chi connectivity index (χ1) is 17.6. The molecule has 6 aromatic rings. The molecule has 10 heteroatoms. The average Bonchev–Trinajstić information content (AvgIpc) is 3.57. The van der Waals surface area contributed by atoms with Gasteiger partial charge in [-0.3, -0.25) is 0 Å². The zero-order valence-corrected chi connectivity index (χ0v) is 19.5. The molecule has 0 bridgehead atoms. The lowest BCUT2D eigenvalue weighted by Crippen LogP contribution is -2.01. The van der Waals surface area contributed by atoms with E-state index < -0.39 is 0 Å². The molecule has 10 nitrogen and oxygen atoms in total. The predicted octanol–water partition coefficient (Wildman–Crippen LogP) is 5.36. The Labute approximate surface area is 206 Å². The van der Waals surface area contributed by atoms with Gasteiger partial charge in [-0.25, -0.2) is 19.9 Å². The Kier molecular flexibility index (Phi) is 5.30. The fourth-order valence-corrected chi connectivity index (χ4v) is 3.90. The van der Waals surface area contributed by atoms with E-state index in [9.17, 15) is 0 Å². The number of aromatic nitrogens is 7. The lowest BCUT2D eigenvalue weighted by Gasteiger charge is -2.13. The number of benzene rings is 2. The number of aryl methyl sites for hydroxylation is 2. The Morgan fingerprint density at radius 1 is 0.889 bits per heavy atom. The number of hydrogen-bond acceptors (Lipinski definition) is 9. The lowest BCUT2D eigenvalue weighted by molar-refractivity contribution is 0.442. The minimum absolute atomic E-state index is 0.443. The highest BCUT2D eigenvalue weighted by Gasteiger charge is 2.13. The summed E-state index contributed by atoms with van der Waals surface area (Å²) in [5.41, 5.74) is 6.78. The van der Waals surface area contributed by atoms with Crippen LogP contribution < -0.4 is 10.6 Å². The van der Waals surface area contributed by atoms with Crippen LogP contribution in [0.5, 0.6) is 0 Å². The van der Waals surface area contributed by atoms with Crippen molar-refractivity contribution in [3.8, 4) is 16.9 Å². The summed E-state index contributed by atoms with van der Waals surface area (Å²) in [4.78, 5) is 21.7. The Bertz CT molecular complexity index is 1660. The molecular formula is C26H21N9O. The molecule has 0 saturated carbocycles. The van der Waals surface area contributed by atoms with Crippen molar-refractivity contribution in [1.29, 1.82) is 0 Å². The van der Waals surface area contributed by atoms with Gasteiger partial charge in [-0.15, -0.1) is 0 Å². The molecule has 0 aliphatic rings. The van der Waals surface area contributed by atoms with Crippen molar-refractivity contribution in [1.82, 2.24) is 34.6 Å². The van der Waals surface area contributed by atoms with Gasteiger partial charge >= 0.3 is 0 Å². The van der Waals surface area contributed by atoms with E-state index in [0.29, 0.717) is 17.5 Å². The molecular weight excluding hydrogens is 454 g/mol. The fraction of sp³-hybridized carbons (Fsp3) is 0.0769. The summed E-state index contributed by atoms with van der Waals surface area (Å²) in [6, 6.07) is 16.0. The van der Waals surface area contributed by atoms with Gasteiger partial charge in [0.2, 0.25) is 5.95 Å². The zero-order valence-electron chi connectivity index (χ0n) is 19.5. The minimum Gasteiger partial charge on any atom is -0.339 e. The summed E-state index contributed by atoms with van der Waals surface area (Å²) in [5, 5.41) is 11.4. The first-order valence-electron chi connectivity index (χ1n) is 11.3. The summed E-state index contributed by atoms with van der Waals surface area (Å²) >= 11 is 0. The van der Waals surface area contributed by atoms with Crippen molar-refractivity contribution in [2.24, 2.45) is 0 Å². The van der Waals surface area contributed by atoms with Crippen LogP contribution in [0.1, 0.15) is 11.3 Å². The molecule has 0 unspecified atom stereocenters. The number of rotatable bonds is 6. The Morgan fingerprint density at radius 2 is 1.78 bits per heavy atom. The van der Waals surface area contributed by atoms with Crippen molar-refractivity contribution in [2.75, 3.05) is 10.6 Å². The number of anilines is 4. The number of imidazole rings is 1. The Morgan fingerprint density at radius 3 is 2.61 bits per heavy atom. The fourth-order valence-electron chi connectivity index (χ4n) is 3.90. The van der Waals surface area contributed by atoms with Gasteiger partial charge < -0.3 is 19.7 Å². The molecule has 0 saturated heterocycles. The van der Waals surface area contributed by atoms with Gasteiger partial charge in [0.05, 0.1) is 17.7 Å². The normalized spacial score (nSPS) is 11.1. The highest BCUT2D eigenvalue weighted by molar-refractivity contribution is 5.89. The second kappa shape index (κ2) is 8.91. The molecule has 2 aromatic carbocycles. The third kappa shape index (κ3) is 4.11. The van der Waals surface area contributed by atoms with Crippen LogP contribution in [0, 0.1) is 13.8 Å². The predicted molar refractivity (Wildman–Crippen MR) is 137 cm³/mol. The highest BCUT2D eigenvalue weighted by Crippen LogP contribution is 2.29. The van der Waals surface area contributed by atoms with Gasteiger partial charge in [0.15, 0.2) is 0 Å². The zero-order chi connectivity index (χ0) is 24.5. The molecule has 0 spiro atoms. The number of fused-ring (bicyclic) bond motifs is 1. The second-order valence-electron chi connectivity index (χ2n) is 8.23. The van der Waals surface area contributed by atoms with Crippen LogP contribution in [-0.4, -0.2) is 34.6 Å². The van der Waals surface area contributed by atoms with Gasteiger partial charge in [0, 0.05) is 41.2 Å². The van der Waals surface area contributed by atoms with Gasteiger partial charge in [-0.1, -0.05) is 23.4 Å². The molecule has 0 radical (unpaired) electrons. The molecule has 176 valence electrons. The van der Waals surface area contributed by atoms with Crippen molar-refractivity contribution in [3.63, 3.8) is 0 Å². The van der Waals surface area contributed by atoms with E-state index in [0.717, 1.165) is 45.0 Å². The third-order valence-electron chi connectivity index (χ3n) is 5.81. The van der Waals surface area contributed by atoms with Crippen molar-refractivity contribution < 1.29 is 4.52 Å². The molecule has 0 aliphatic heterocycles. The summed E-state index contributed by atoms with van der Waals surface area (Å²) in [6.45, 7) is 3.88. The molecule has 0 amide bonds. The van der Waals surface area contributed by atoms with Gasteiger partial charge in [0.25, 0.3) is 5.71 Å². The van der Waals surface area contributed by atoms with E-state index in [1.165, 1.54) is 6.33 Å². The summed E-state index contributed by atoms with van der Waals surface area (Å²) in [7, 11) is 0. The average molecular weight is 476 g/mol. The number of nitrogens with one attached hydrogen (secondary N) is 2. The smallest absolute Gasteiger partial charge is 0.263 e. The van der Waals surface area contributed by atoms with Crippen LogP contribution in [-0.2, 0) is 0 Å². The van der Waals surface area contributed by atoms with Crippen LogP contribution in [0.15, 0.2) is 84.3 Å². The molecule has 0 fully saturated rings. The molecule has 36 heavy (non-hydrogen) atoms. The topological polar surface area (TPSA) is 119 Å². The minimum atomic E-state index is 0.443. The number of hydrogen-bond donors (Lipinski definition) is 2. The molecule has 4 aromatic heterocycles. The van der Waals surface area contributed by atoms with Crippen LogP contribution >= 0.6 is 0 Å². The van der Waals surface area contributed by atoms with Crippen LogP contribution in [0.4, 0.5) is 23.1 Å². The first-order valence-corrected chi connectivity index (χ1v) is 11.3. The van der Waals surface area contributed by atoms with Crippen LogP contribution in [0.2, 0.25) is 0 Å². The molecule has 2 N–H and O–H groups in total. The quantitative estimate of drug-likeness (QED) is 0.328. The summed E-state index contributed by atoms with van der Waals surface area (Å²) in [5.74, 6) is 1.14. The van der Waals surface area contributed by atoms with E-state index in [-0.39, 0.29) is 0 Å². The van der Waals surface area contributed by atoms with Gasteiger partial charge in [-0.05, 0) is 49.7 Å². The maximum atomic E-state index is 5.25. The summed E-state index contributed by atoms with van der Waals surface area (Å²) < 4.78 is 7.20. The van der Waals surface area contributed by atoms with E-state index in [4.69, 9.17) is 9.51 Å². The highest BCUT2D eigenvalue weighted by atomic mass is 16.5. The van der Waals surface area contributed by atoms with Gasteiger partial charge in [-0.2, -0.15) is 4.98 Å². The SMILES string of the molecule is Cc1ccc(Nc2ncnc3onc(C)c23)cc1Nc1nccc(-c2ccc(-n3ccnc3)cc2)n1. The van der Waals surface area contributed by atoms with Crippen molar-refractivity contribution >= 4 is 34.2 Å². The Balaban J connectivity index is 1.25. The third-order valence-corrected chi connectivity index (χ3v) is 5.81. The molecule has 6 rings (SSSR count). The van der Waals surface area contributed by atoms with Crippen molar-refractivity contribution in [3.05, 3.63) is 91.0 Å². The van der Waals surface area contributed by atoms with E-state index in [1.807, 2.05) is 73.1 Å². The standard InChI is InChI=1S/C26H21N9O/c1-16-3-6-19(31-24-23-17(2)34-36-25(23)30-14-29-24)13-22(16)33-26-28-10-9-21(32-26)18-4-7-20(8-5-18)35-12-11-27-15-35/h3-15H,1-2H3,(H,28,32,33)(H,29,30,31). The van der Waals surface area contributed by atoms with Gasteiger partial charge in [0.1, 0.15) is 17.5 Å². The monoisotopic (exact) mass is 475 g/mol. The first kappa shape index (κ1) is 21.4. The van der Waals surface area contributed by atoms with E-state index >= 15 is 0 Å². The molecule has 4 heterocycles. The lowest BCUT2D eigenvalue weighted by atomic mass is 10.1. The van der Waals surface area contributed by atoms with Crippen LogP contribution in [0.3, 0.4) is 0 Å².